The zero-order chi connectivity index (χ0) is 14.6. The first-order valence-electron chi connectivity index (χ1n) is 8.76. The summed E-state index contributed by atoms with van der Waals surface area (Å²) >= 11 is 4.23. The molecule has 0 aliphatic carbocycles. The van der Waals surface area contributed by atoms with Crippen LogP contribution in [0.25, 0.3) is 0 Å². The molecule has 0 saturated heterocycles. The summed E-state index contributed by atoms with van der Waals surface area (Å²) in [6.07, 6.45) is 18.6. The summed E-state index contributed by atoms with van der Waals surface area (Å²) < 4.78 is 0. The van der Waals surface area contributed by atoms with Gasteiger partial charge in [0.05, 0.1) is 0 Å². The van der Waals surface area contributed by atoms with Gasteiger partial charge in [0.1, 0.15) is 0 Å². The normalized spacial score (nSPS) is 14.3. The zero-order valence-electron chi connectivity index (χ0n) is 14.0. The molecule has 0 atom stereocenters. The summed E-state index contributed by atoms with van der Waals surface area (Å²) in [5, 5.41) is -1.46. The quantitative estimate of drug-likeness (QED) is 0.238. The van der Waals surface area contributed by atoms with Crippen LogP contribution in [0.3, 0.4) is 0 Å². The van der Waals surface area contributed by atoms with Crippen LogP contribution in [0.15, 0.2) is 0 Å². The molecule has 0 spiro atoms. The van der Waals surface area contributed by atoms with E-state index < -0.39 is 5.31 Å². The van der Waals surface area contributed by atoms with Crippen LogP contribution in [0.2, 0.25) is 0 Å². The summed E-state index contributed by atoms with van der Waals surface area (Å²) in [6, 6.07) is 0. The second-order valence-electron chi connectivity index (χ2n) is 6.32. The fourth-order valence-corrected chi connectivity index (χ4v) is 7.02. The molecule has 0 aliphatic heterocycles. The van der Waals surface area contributed by atoms with E-state index >= 15 is 0 Å². The van der Waals surface area contributed by atoms with Gasteiger partial charge in [-0.3, -0.25) is 0 Å². The van der Waals surface area contributed by atoms with Gasteiger partial charge in [0.25, 0.3) is 0 Å². The van der Waals surface area contributed by atoms with Crippen LogP contribution < -0.4 is 0 Å². The molecule has 0 radical (unpaired) electrons. The molecule has 0 fully saturated rings. The van der Waals surface area contributed by atoms with Crippen LogP contribution in [0.1, 0.15) is 85.5 Å². The summed E-state index contributed by atoms with van der Waals surface area (Å²) in [5.74, 6) is 0. The van der Waals surface area contributed by atoms with E-state index in [2.05, 4.69) is 43.2 Å². The van der Waals surface area contributed by atoms with Gasteiger partial charge in [0.2, 0.25) is 0 Å². The Bertz CT molecular complexity index is 200. The molecule has 0 aromatic carbocycles. The third-order valence-electron chi connectivity index (χ3n) is 5.19. The molecule has 19 heavy (non-hydrogen) atoms. The van der Waals surface area contributed by atoms with Crippen LogP contribution in [-0.2, 0) is 0 Å². The molecule has 0 aliphatic rings. The second-order valence-corrected chi connectivity index (χ2v) is 18.3. The molecule has 0 rings (SSSR count). The minimum atomic E-state index is -1.46. The van der Waals surface area contributed by atoms with E-state index in [9.17, 15) is 0 Å². The number of hydrogen-bond donors (Lipinski definition) is 0. The van der Waals surface area contributed by atoms with E-state index in [0.717, 1.165) is 0 Å². The summed E-state index contributed by atoms with van der Waals surface area (Å²) in [7, 11) is 0. The van der Waals surface area contributed by atoms with E-state index in [1.807, 2.05) is 0 Å². The van der Waals surface area contributed by atoms with E-state index in [1.54, 1.807) is 0 Å². The molecular formula is C17H38BrP. The Labute approximate surface area is 131 Å². The van der Waals surface area contributed by atoms with Crippen molar-refractivity contribution >= 4 is 20.8 Å². The van der Waals surface area contributed by atoms with Gasteiger partial charge in [-0.25, -0.2) is 0 Å². The van der Waals surface area contributed by atoms with Crippen molar-refractivity contribution in [2.75, 3.05) is 24.6 Å². The summed E-state index contributed by atoms with van der Waals surface area (Å²) in [4.78, 5) is 0. The molecule has 2 heteroatoms. The number of unbranched alkanes of at least 4 members (excludes halogenated alkanes) is 8. The van der Waals surface area contributed by atoms with E-state index in [4.69, 9.17) is 0 Å². The molecule has 0 saturated carbocycles. The standard InChI is InChI=1S/C17H38BrP/c1-5-9-10-11-12-13-14-15-16-17-19(18,6-2,7-3)8-4/h5-17H2,1-4H3. The van der Waals surface area contributed by atoms with Crippen molar-refractivity contribution in [1.82, 2.24) is 0 Å². The predicted octanol–water partition coefficient (Wildman–Crippen LogP) is 7.44. The third kappa shape index (κ3) is 8.05. The van der Waals surface area contributed by atoms with Crippen molar-refractivity contribution in [2.45, 2.75) is 85.5 Å². The summed E-state index contributed by atoms with van der Waals surface area (Å²) in [5.41, 5.74) is 0. The van der Waals surface area contributed by atoms with Crippen LogP contribution in [-0.4, -0.2) is 24.6 Å². The monoisotopic (exact) mass is 352 g/mol. The third-order valence-corrected chi connectivity index (χ3v) is 16.9. The van der Waals surface area contributed by atoms with Gasteiger partial charge in [-0.1, -0.05) is 0 Å². The average molecular weight is 353 g/mol. The predicted molar refractivity (Wildman–Crippen MR) is 99.6 cm³/mol. The zero-order valence-corrected chi connectivity index (χ0v) is 16.5. The van der Waals surface area contributed by atoms with Gasteiger partial charge in [0.15, 0.2) is 0 Å². The molecule has 0 unspecified atom stereocenters. The van der Waals surface area contributed by atoms with Crippen molar-refractivity contribution in [3.8, 4) is 0 Å². The van der Waals surface area contributed by atoms with Crippen molar-refractivity contribution < 1.29 is 0 Å². The maximum absolute atomic E-state index is 4.23. The molecule has 0 N–H and O–H groups in total. The molecule has 0 amide bonds. The molecular weight excluding hydrogens is 315 g/mol. The first kappa shape index (κ1) is 19.9. The van der Waals surface area contributed by atoms with Crippen LogP contribution in [0, 0.1) is 0 Å². The van der Waals surface area contributed by atoms with Gasteiger partial charge < -0.3 is 0 Å². The van der Waals surface area contributed by atoms with Crippen molar-refractivity contribution in [3.63, 3.8) is 0 Å². The SMILES string of the molecule is CCCCCCCCCCCP(Br)(CC)(CC)CC. The molecule has 0 heterocycles. The molecule has 0 aromatic heterocycles. The average Bonchev–Trinajstić information content (AvgIpc) is 2.46. The van der Waals surface area contributed by atoms with Crippen LogP contribution >= 0.6 is 20.8 Å². The topological polar surface area (TPSA) is 0 Å². The second kappa shape index (κ2) is 10.6. The minimum absolute atomic E-state index is 1.36. The van der Waals surface area contributed by atoms with Gasteiger partial charge in [-0.05, 0) is 0 Å². The Morgan fingerprint density at radius 2 is 0.947 bits per heavy atom. The van der Waals surface area contributed by atoms with E-state index in [0.29, 0.717) is 0 Å². The molecule has 0 bridgehead atoms. The van der Waals surface area contributed by atoms with Crippen LogP contribution in [0.5, 0.6) is 0 Å². The van der Waals surface area contributed by atoms with Crippen molar-refractivity contribution in [1.29, 1.82) is 0 Å². The Morgan fingerprint density at radius 3 is 1.32 bits per heavy atom. The number of rotatable bonds is 13. The van der Waals surface area contributed by atoms with Gasteiger partial charge in [0, 0.05) is 0 Å². The fraction of sp³-hybridized carbons (Fsp3) is 1.00. The Hall–Kier alpha value is 0.910. The Balaban J connectivity index is 3.62. The van der Waals surface area contributed by atoms with E-state index in [-0.39, 0.29) is 0 Å². The van der Waals surface area contributed by atoms with Gasteiger partial charge >= 0.3 is 131 Å². The molecule has 118 valence electrons. The summed E-state index contributed by atoms with van der Waals surface area (Å²) in [6.45, 7) is 9.48. The van der Waals surface area contributed by atoms with Crippen molar-refractivity contribution in [3.05, 3.63) is 0 Å². The van der Waals surface area contributed by atoms with Crippen molar-refractivity contribution in [2.24, 2.45) is 0 Å². The van der Waals surface area contributed by atoms with Crippen LogP contribution in [0.4, 0.5) is 0 Å². The first-order valence-corrected chi connectivity index (χ1v) is 13.8. The first-order chi connectivity index (χ1) is 9.04. The maximum atomic E-state index is 4.23. The Kier molecular flexibility index (Phi) is 11.1. The molecule has 0 aromatic rings. The molecule has 0 nitrogen and oxygen atoms in total. The number of hydrogen-bond acceptors (Lipinski definition) is 0. The van der Waals surface area contributed by atoms with Gasteiger partial charge in [-0.15, -0.1) is 0 Å². The fourth-order valence-electron chi connectivity index (χ4n) is 2.96. The number of halogens is 1. The Morgan fingerprint density at radius 1 is 0.579 bits per heavy atom. The van der Waals surface area contributed by atoms with Gasteiger partial charge in [-0.2, -0.15) is 0 Å². The van der Waals surface area contributed by atoms with E-state index in [1.165, 1.54) is 82.4 Å².